The van der Waals surface area contributed by atoms with Gasteiger partial charge in [0.05, 0.1) is 6.10 Å². The van der Waals surface area contributed by atoms with Gasteiger partial charge in [-0.2, -0.15) is 0 Å². The molecular weight excluding hydrogens is 216 g/mol. The highest BCUT2D eigenvalue weighted by Crippen LogP contribution is 2.28. The van der Waals surface area contributed by atoms with Crippen LogP contribution in [0.1, 0.15) is 37.2 Å². The maximum absolute atomic E-state index is 11.8. The lowest BCUT2D eigenvalue weighted by Crippen LogP contribution is -2.26. The van der Waals surface area contributed by atoms with E-state index in [4.69, 9.17) is 0 Å². The van der Waals surface area contributed by atoms with Crippen molar-refractivity contribution >= 4 is 0 Å². The molecule has 94 valence electrons. The molecule has 17 heavy (non-hydrogen) atoms. The largest absolute Gasteiger partial charge is 0.393 e. The first-order valence-corrected chi connectivity index (χ1v) is 6.31. The lowest BCUT2D eigenvalue weighted by molar-refractivity contribution is 0.125. The maximum atomic E-state index is 11.8. The quantitative estimate of drug-likeness (QED) is 0.863. The molecule has 0 saturated heterocycles. The van der Waals surface area contributed by atoms with Crippen molar-refractivity contribution in [3.63, 3.8) is 0 Å². The summed E-state index contributed by atoms with van der Waals surface area (Å²) in [6.07, 6.45) is 3.78. The first kappa shape index (κ1) is 12.3. The Hall–Kier alpha value is -1.16. The van der Waals surface area contributed by atoms with Gasteiger partial charge in [-0.1, -0.05) is 6.42 Å². The second kappa shape index (κ2) is 5.00. The Morgan fingerprint density at radius 3 is 2.82 bits per heavy atom. The first-order valence-electron chi connectivity index (χ1n) is 6.31. The number of nitrogens with zero attached hydrogens (tertiary/aromatic N) is 2. The number of aromatic nitrogens is 2. The van der Waals surface area contributed by atoms with E-state index in [0.29, 0.717) is 12.5 Å². The Balaban J connectivity index is 2.06. The van der Waals surface area contributed by atoms with E-state index >= 15 is 0 Å². The number of rotatable bonds is 3. The minimum atomic E-state index is -0.176. The molecule has 1 aromatic heterocycles. The number of aliphatic hydroxyl groups is 1. The smallest absolute Gasteiger partial charge is 0.253 e. The molecule has 1 aliphatic rings. The molecule has 1 saturated carbocycles. The van der Waals surface area contributed by atoms with Crippen LogP contribution in [0.4, 0.5) is 0 Å². The van der Waals surface area contributed by atoms with Gasteiger partial charge in [-0.05, 0) is 39.0 Å². The highest BCUT2D eigenvalue weighted by Gasteiger charge is 2.24. The standard InChI is InChI=1S/C13H20N2O2/c1-9-8-13(17)15(10(2)14-9)7-6-11-4-3-5-12(11)16/h8,11-12,16H,3-7H2,1-2H3. The SMILES string of the molecule is Cc1cc(=O)n(CCC2CCCC2O)c(C)n1. The van der Waals surface area contributed by atoms with Crippen molar-refractivity contribution in [2.45, 2.75) is 52.2 Å². The van der Waals surface area contributed by atoms with E-state index in [0.717, 1.165) is 37.2 Å². The summed E-state index contributed by atoms with van der Waals surface area (Å²) in [5, 5.41) is 9.75. The molecule has 1 heterocycles. The average Bonchev–Trinajstić information content (AvgIpc) is 2.62. The van der Waals surface area contributed by atoms with Crippen LogP contribution in [0.5, 0.6) is 0 Å². The van der Waals surface area contributed by atoms with Gasteiger partial charge in [0.15, 0.2) is 0 Å². The van der Waals surface area contributed by atoms with Crippen LogP contribution in [0.3, 0.4) is 0 Å². The zero-order chi connectivity index (χ0) is 12.4. The molecule has 2 unspecified atom stereocenters. The Morgan fingerprint density at radius 2 is 2.24 bits per heavy atom. The molecule has 2 rings (SSSR count). The summed E-state index contributed by atoms with van der Waals surface area (Å²) >= 11 is 0. The molecule has 1 fully saturated rings. The Bertz CT molecular complexity index is 453. The summed E-state index contributed by atoms with van der Waals surface area (Å²) in [5.41, 5.74) is 0.784. The second-order valence-electron chi connectivity index (χ2n) is 4.98. The third-order valence-electron chi connectivity index (χ3n) is 3.67. The molecule has 0 aromatic carbocycles. The monoisotopic (exact) mass is 236 g/mol. The molecule has 0 aliphatic heterocycles. The molecule has 1 aliphatic carbocycles. The number of hydrogen-bond donors (Lipinski definition) is 1. The van der Waals surface area contributed by atoms with Crippen molar-refractivity contribution in [2.24, 2.45) is 5.92 Å². The molecule has 4 nitrogen and oxygen atoms in total. The fourth-order valence-electron chi connectivity index (χ4n) is 2.68. The van der Waals surface area contributed by atoms with Crippen molar-refractivity contribution in [1.82, 2.24) is 9.55 Å². The molecule has 4 heteroatoms. The fourth-order valence-corrected chi connectivity index (χ4v) is 2.68. The third-order valence-corrected chi connectivity index (χ3v) is 3.67. The Labute approximate surface area is 101 Å². The Morgan fingerprint density at radius 1 is 1.47 bits per heavy atom. The first-order chi connectivity index (χ1) is 8.08. The lowest BCUT2D eigenvalue weighted by Gasteiger charge is -2.16. The van der Waals surface area contributed by atoms with Crippen LogP contribution in [0, 0.1) is 19.8 Å². The number of hydrogen-bond acceptors (Lipinski definition) is 3. The molecule has 0 spiro atoms. The summed E-state index contributed by atoms with van der Waals surface area (Å²) in [7, 11) is 0. The van der Waals surface area contributed by atoms with Gasteiger partial charge in [-0.15, -0.1) is 0 Å². The summed E-state index contributed by atoms with van der Waals surface area (Å²) in [6, 6.07) is 1.57. The van der Waals surface area contributed by atoms with Gasteiger partial charge in [-0.25, -0.2) is 4.98 Å². The van der Waals surface area contributed by atoms with Crippen LogP contribution in [0.25, 0.3) is 0 Å². The Kier molecular flexibility index (Phi) is 3.62. The van der Waals surface area contributed by atoms with E-state index < -0.39 is 0 Å². The topological polar surface area (TPSA) is 55.1 Å². The zero-order valence-electron chi connectivity index (χ0n) is 10.5. The molecular formula is C13H20N2O2. The van der Waals surface area contributed by atoms with Gasteiger partial charge >= 0.3 is 0 Å². The van der Waals surface area contributed by atoms with Crippen molar-refractivity contribution in [2.75, 3.05) is 0 Å². The molecule has 0 radical (unpaired) electrons. The zero-order valence-corrected chi connectivity index (χ0v) is 10.5. The number of aliphatic hydroxyl groups excluding tert-OH is 1. The minimum absolute atomic E-state index is 0.0162. The van der Waals surface area contributed by atoms with Crippen molar-refractivity contribution in [3.8, 4) is 0 Å². The lowest BCUT2D eigenvalue weighted by atomic mass is 10.0. The van der Waals surface area contributed by atoms with Gasteiger partial charge in [0.25, 0.3) is 5.56 Å². The van der Waals surface area contributed by atoms with E-state index in [1.165, 1.54) is 0 Å². The van der Waals surface area contributed by atoms with E-state index in [-0.39, 0.29) is 11.7 Å². The van der Waals surface area contributed by atoms with Gasteiger partial charge in [0, 0.05) is 18.3 Å². The molecule has 2 atom stereocenters. The summed E-state index contributed by atoms with van der Waals surface area (Å²) < 4.78 is 1.71. The summed E-state index contributed by atoms with van der Waals surface area (Å²) in [4.78, 5) is 16.1. The van der Waals surface area contributed by atoms with Crippen LogP contribution in [0.15, 0.2) is 10.9 Å². The number of aryl methyl sites for hydroxylation is 2. The third kappa shape index (κ3) is 2.75. The van der Waals surface area contributed by atoms with Gasteiger partial charge in [-0.3, -0.25) is 9.36 Å². The van der Waals surface area contributed by atoms with Crippen molar-refractivity contribution < 1.29 is 5.11 Å². The molecule has 1 N–H and O–H groups in total. The van der Waals surface area contributed by atoms with Crippen LogP contribution >= 0.6 is 0 Å². The average molecular weight is 236 g/mol. The van der Waals surface area contributed by atoms with Crippen LogP contribution < -0.4 is 5.56 Å². The molecule has 0 bridgehead atoms. The highest BCUT2D eigenvalue weighted by molar-refractivity contribution is 5.01. The second-order valence-corrected chi connectivity index (χ2v) is 4.98. The van der Waals surface area contributed by atoms with E-state index in [9.17, 15) is 9.90 Å². The van der Waals surface area contributed by atoms with E-state index in [2.05, 4.69) is 4.98 Å². The van der Waals surface area contributed by atoms with Crippen LogP contribution in [-0.4, -0.2) is 20.8 Å². The van der Waals surface area contributed by atoms with Crippen LogP contribution in [0.2, 0.25) is 0 Å². The van der Waals surface area contributed by atoms with E-state index in [1.807, 2.05) is 13.8 Å². The highest BCUT2D eigenvalue weighted by atomic mass is 16.3. The predicted molar refractivity (Wildman–Crippen MR) is 65.9 cm³/mol. The van der Waals surface area contributed by atoms with Crippen molar-refractivity contribution in [1.29, 1.82) is 0 Å². The molecule has 1 aromatic rings. The normalized spacial score (nSPS) is 24.2. The van der Waals surface area contributed by atoms with Gasteiger partial charge in [0.2, 0.25) is 0 Å². The van der Waals surface area contributed by atoms with Gasteiger partial charge < -0.3 is 5.11 Å². The predicted octanol–water partition coefficient (Wildman–Crippen LogP) is 1.41. The maximum Gasteiger partial charge on any atom is 0.253 e. The van der Waals surface area contributed by atoms with Crippen molar-refractivity contribution in [3.05, 3.63) is 27.9 Å². The van der Waals surface area contributed by atoms with Crippen LogP contribution in [-0.2, 0) is 6.54 Å². The summed E-state index contributed by atoms with van der Waals surface area (Å²) in [6.45, 7) is 4.36. The fraction of sp³-hybridized carbons (Fsp3) is 0.692. The van der Waals surface area contributed by atoms with E-state index in [1.54, 1.807) is 10.6 Å². The van der Waals surface area contributed by atoms with Gasteiger partial charge in [0.1, 0.15) is 5.82 Å². The minimum Gasteiger partial charge on any atom is -0.393 e. The summed E-state index contributed by atoms with van der Waals surface area (Å²) in [5.74, 6) is 1.12. The molecule has 0 amide bonds.